The van der Waals surface area contributed by atoms with E-state index in [1.54, 1.807) is 18.2 Å². The minimum Gasteiger partial charge on any atom is -0.328 e. The third kappa shape index (κ3) is 3.58. The fourth-order valence-electron chi connectivity index (χ4n) is 1.66. The first-order valence-corrected chi connectivity index (χ1v) is 7.93. The van der Waals surface area contributed by atoms with Gasteiger partial charge in [-0.3, -0.25) is 4.79 Å². The second-order valence-electron chi connectivity index (χ2n) is 4.23. The largest absolute Gasteiger partial charge is 0.329 e. The predicted molar refractivity (Wildman–Crippen MR) is 89.1 cm³/mol. The van der Waals surface area contributed by atoms with E-state index in [0.29, 0.717) is 21.4 Å². The molecule has 0 bridgehead atoms. The fourth-order valence-corrected chi connectivity index (χ4v) is 2.80. The normalized spacial score (nSPS) is 11.0. The lowest BCUT2D eigenvalue weighted by Gasteiger charge is -2.00. The van der Waals surface area contributed by atoms with E-state index < -0.39 is 5.91 Å². The van der Waals surface area contributed by atoms with Crippen LogP contribution in [0.15, 0.2) is 45.3 Å². The fraction of sp³-hybridized carbons (Fsp3) is 0. The van der Waals surface area contributed by atoms with Crippen LogP contribution in [-0.2, 0) is 0 Å². The minimum atomic E-state index is -0.625. The molecule has 0 aliphatic heterocycles. The summed E-state index contributed by atoms with van der Waals surface area (Å²) in [4.78, 5) is 16.7. The van der Waals surface area contributed by atoms with Crippen LogP contribution in [0, 0.1) is 0 Å². The molecule has 1 N–H and O–H groups in total. The smallest absolute Gasteiger partial charge is 0.328 e. The zero-order chi connectivity index (χ0) is 16.2. The van der Waals surface area contributed by atoms with Gasteiger partial charge in [0.1, 0.15) is 0 Å². The Kier molecular flexibility index (Phi) is 4.71. The summed E-state index contributed by atoms with van der Waals surface area (Å²) in [6.45, 7) is 0. The molecular weight excluding hydrogens is 359 g/mol. The number of rotatable bonds is 4. The Morgan fingerprint density at radius 3 is 2.74 bits per heavy atom. The zero-order valence-electron chi connectivity index (χ0n) is 11.4. The molecular formula is C14H8Cl2N4O2S. The van der Waals surface area contributed by atoms with E-state index in [1.807, 2.05) is 17.5 Å². The monoisotopic (exact) mass is 366 g/mol. The van der Waals surface area contributed by atoms with Crippen LogP contribution < -0.4 is 5.43 Å². The Labute approximate surface area is 144 Å². The molecule has 6 nitrogen and oxygen atoms in total. The van der Waals surface area contributed by atoms with Crippen molar-refractivity contribution in [3.8, 4) is 10.7 Å². The predicted octanol–water partition coefficient (Wildman–Crippen LogP) is 3.87. The lowest BCUT2D eigenvalue weighted by atomic mass is 10.2. The van der Waals surface area contributed by atoms with Gasteiger partial charge in [-0.05, 0) is 23.6 Å². The Hall–Kier alpha value is -2.22. The molecule has 3 aromatic rings. The average Bonchev–Trinajstić information content (AvgIpc) is 3.20. The first kappa shape index (κ1) is 15.7. The molecule has 1 amide bonds. The SMILES string of the molecule is O=C(N/N=C/c1c(Cl)cccc1Cl)c1nc(-c2cccs2)no1. The van der Waals surface area contributed by atoms with Crippen LogP contribution in [0.25, 0.3) is 10.7 Å². The number of hydrogen-bond acceptors (Lipinski definition) is 6. The van der Waals surface area contributed by atoms with E-state index >= 15 is 0 Å². The van der Waals surface area contributed by atoms with Crippen LogP contribution in [0.2, 0.25) is 10.0 Å². The van der Waals surface area contributed by atoms with Gasteiger partial charge in [0.15, 0.2) is 0 Å². The van der Waals surface area contributed by atoms with Gasteiger partial charge >= 0.3 is 11.8 Å². The summed E-state index contributed by atoms with van der Waals surface area (Å²) < 4.78 is 4.91. The van der Waals surface area contributed by atoms with Gasteiger partial charge in [-0.15, -0.1) is 11.3 Å². The number of halogens is 2. The van der Waals surface area contributed by atoms with Crippen molar-refractivity contribution in [1.29, 1.82) is 0 Å². The van der Waals surface area contributed by atoms with E-state index in [2.05, 4.69) is 20.7 Å². The molecule has 0 fully saturated rings. The number of amides is 1. The van der Waals surface area contributed by atoms with Gasteiger partial charge in [0.25, 0.3) is 0 Å². The van der Waals surface area contributed by atoms with Gasteiger partial charge in [-0.1, -0.05) is 40.5 Å². The van der Waals surface area contributed by atoms with E-state index in [9.17, 15) is 4.79 Å². The molecule has 23 heavy (non-hydrogen) atoms. The highest BCUT2D eigenvalue weighted by Crippen LogP contribution is 2.22. The number of nitrogens with one attached hydrogen (secondary N) is 1. The lowest BCUT2D eigenvalue weighted by Crippen LogP contribution is -2.18. The van der Waals surface area contributed by atoms with E-state index in [0.717, 1.165) is 4.88 Å². The first-order chi connectivity index (χ1) is 11.1. The quantitative estimate of drug-likeness (QED) is 0.561. The molecule has 0 radical (unpaired) electrons. The van der Waals surface area contributed by atoms with Crippen LogP contribution in [-0.4, -0.2) is 22.3 Å². The Morgan fingerprint density at radius 1 is 1.26 bits per heavy atom. The molecule has 0 spiro atoms. The molecule has 0 unspecified atom stereocenters. The van der Waals surface area contributed by atoms with Gasteiger partial charge in [-0.2, -0.15) is 10.1 Å². The van der Waals surface area contributed by atoms with Gasteiger partial charge < -0.3 is 4.52 Å². The number of hydrogen-bond donors (Lipinski definition) is 1. The maximum atomic E-state index is 11.9. The van der Waals surface area contributed by atoms with Crippen molar-refractivity contribution in [2.75, 3.05) is 0 Å². The second-order valence-corrected chi connectivity index (χ2v) is 6.00. The first-order valence-electron chi connectivity index (χ1n) is 6.30. The van der Waals surface area contributed by atoms with Crippen molar-refractivity contribution in [3.05, 3.63) is 57.2 Å². The molecule has 0 saturated carbocycles. The summed E-state index contributed by atoms with van der Waals surface area (Å²) in [6.07, 6.45) is 1.35. The highest BCUT2D eigenvalue weighted by atomic mass is 35.5. The van der Waals surface area contributed by atoms with Crippen LogP contribution in [0.5, 0.6) is 0 Å². The van der Waals surface area contributed by atoms with Crippen LogP contribution in [0.4, 0.5) is 0 Å². The number of carbonyl (C=O) groups excluding carboxylic acids is 1. The summed E-state index contributed by atoms with van der Waals surface area (Å²) in [5.41, 5.74) is 2.78. The van der Waals surface area contributed by atoms with Crippen molar-refractivity contribution >= 4 is 46.7 Å². The lowest BCUT2D eigenvalue weighted by molar-refractivity contribution is 0.0911. The Morgan fingerprint density at radius 2 is 2.04 bits per heavy atom. The molecule has 0 saturated heterocycles. The molecule has 2 heterocycles. The van der Waals surface area contributed by atoms with E-state index in [1.165, 1.54) is 17.6 Å². The van der Waals surface area contributed by atoms with Crippen LogP contribution in [0.3, 0.4) is 0 Å². The van der Waals surface area contributed by atoms with Gasteiger partial charge in [-0.25, -0.2) is 5.43 Å². The minimum absolute atomic E-state index is 0.184. The number of benzene rings is 1. The summed E-state index contributed by atoms with van der Waals surface area (Å²) in [7, 11) is 0. The van der Waals surface area contributed by atoms with Crippen LogP contribution in [0.1, 0.15) is 16.2 Å². The number of nitrogens with zero attached hydrogens (tertiary/aromatic N) is 3. The van der Waals surface area contributed by atoms with Crippen molar-refractivity contribution in [2.45, 2.75) is 0 Å². The third-order valence-corrected chi connectivity index (χ3v) is 4.25. The number of hydrazone groups is 1. The van der Waals surface area contributed by atoms with Gasteiger partial charge in [0.2, 0.25) is 5.82 Å². The molecule has 9 heteroatoms. The van der Waals surface area contributed by atoms with Crippen LogP contribution >= 0.6 is 34.5 Å². The maximum absolute atomic E-state index is 11.9. The van der Waals surface area contributed by atoms with Gasteiger partial charge in [0, 0.05) is 5.56 Å². The number of carbonyl (C=O) groups is 1. The maximum Gasteiger partial charge on any atom is 0.329 e. The van der Waals surface area contributed by atoms with Crippen molar-refractivity contribution in [1.82, 2.24) is 15.6 Å². The summed E-state index contributed by atoms with van der Waals surface area (Å²) in [6, 6.07) is 8.73. The zero-order valence-corrected chi connectivity index (χ0v) is 13.7. The van der Waals surface area contributed by atoms with E-state index in [4.69, 9.17) is 27.7 Å². The molecule has 116 valence electrons. The Bertz CT molecular complexity index is 841. The van der Waals surface area contributed by atoms with Gasteiger partial charge in [0.05, 0.1) is 21.1 Å². The molecule has 0 atom stereocenters. The Balaban J connectivity index is 1.69. The van der Waals surface area contributed by atoms with E-state index in [-0.39, 0.29) is 5.89 Å². The highest BCUT2D eigenvalue weighted by molar-refractivity contribution is 7.13. The number of aromatic nitrogens is 2. The topological polar surface area (TPSA) is 80.4 Å². The molecule has 3 rings (SSSR count). The third-order valence-electron chi connectivity index (χ3n) is 2.72. The highest BCUT2D eigenvalue weighted by Gasteiger charge is 2.16. The molecule has 0 aliphatic carbocycles. The van der Waals surface area contributed by atoms with Crippen molar-refractivity contribution in [3.63, 3.8) is 0 Å². The molecule has 1 aromatic carbocycles. The summed E-state index contributed by atoms with van der Waals surface area (Å²) in [5.74, 6) is -0.459. The average molecular weight is 367 g/mol. The van der Waals surface area contributed by atoms with Crippen molar-refractivity contribution in [2.24, 2.45) is 5.10 Å². The number of thiophene rings is 1. The second kappa shape index (κ2) is 6.91. The van der Waals surface area contributed by atoms with Crippen molar-refractivity contribution < 1.29 is 9.32 Å². The summed E-state index contributed by atoms with van der Waals surface area (Å²) in [5, 5.41) is 10.3. The summed E-state index contributed by atoms with van der Waals surface area (Å²) >= 11 is 13.4. The molecule has 0 aliphatic rings. The molecule has 2 aromatic heterocycles. The standard InChI is InChI=1S/C14H8Cl2N4O2S/c15-9-3-1-4-10(16)8(9)7-17-19-13(21)14-18-12(20-22-14)11-5-2-6-23-11/h1-7H,(H,19,21)/b17-7+.